The summed E-state index contributed by atoms with van der Waals surface area (Å²) in [4.78, 5) is 23.2. The van der Waals surface area contributed by atoms with Crippen LogP contribution in [0.25, 0.3) is 5.57 Å². The lowest BCUT2D eigenvalue weighted by Crippen LogP contribution is -2.25. The van der Waals surface area contributed by atoms with E-state index in [4.69, 9.17) is 11.5 Å². The number of rotatable bonds is 14. The van der Waals surface area contributed by atoms with Gasteiger partial charge in [0.15, 0.2) is 0 Å². The highest BCUT2D eigenvalue weighted by molar-refractivity contribution is 7.86. The predicted octanol–water partition coefficient (Wildman–Crippen LogP) is 5.95. The van der Waals surface area contributed by atoms with Crippen LogP contribution >= 0.6 is 0 Å². The first-order valence-corrected chi connectivity index (χ1v) is 16.5. The fourth-order valence-corrected chi connectivity index (χ4v) is 6.50. The molecule has 0 bridgehead atoms. The number of nitrogens with two attached hydrogens (primary N) is 2. The topological polar surface area (TPSA) is 208 Å². The average Bonchev–Trinajstić information content (AvgIpc) is 3.03. The summed E-state index contributed by atoms with van der Waals surface area (Å²) in [5.41, 5.74) is 13.5. The molecule has 13 nitrogen and oxygen atoms in total. The van der Waals surface area contributed by atoms with Gasteiger partial charge in [-0.25, -0.2) is 0 Å². The third kappa shape index (κ3) is 7.92. The third-order valence-corrected chi connectivity index (χ3v) is 9.05. The van der Waals surface area contributed by atoms with Gasteiger partial charge in [-0.05, 0) is 86.8 Å². The second-order valence-electron chi connectivity index (χ2n) is 11.1. The largest absolute Gasteiger partial charge is 0.372 e. The molecule has 0 radical (unpaired) electrons. The van der Waals surface area contributed by atoms with Crippen molar-refractivity contribution in [3.63, 3.8) is 0 Å². The summed E-state index contributed by atoms with van der Waals surface area (Å²) >= 11 is 0. The molecule has 1 aliphatic carbocycles. The number of benzene rings is 3. The maximum atomic E-state index is 12.9. The van der Waals surface area contributed by atoms with E-state index in [-0.39, 0.29) is 21.6 Å². The molecule has 4 rings (SSSR count). The average molecular weight is 663 g/mol. The number of nitro benzene ring substituents is 2. The molecule has 0 amide bonds. The molecule has 6 N–H and O–H groups in total. The Morgan fingerprint density at radius 1 is 0.915 bits per heavy atom. The first-order valence-electron chi connectivity index (χ1n) is 15.1. The first kappa shape index (κ1) is 35.0. The van der Waals surface area contributed by atoms with Crippen LogP contribution in [0.5, 0.6) is 0 Å². The molecule has 47 heavy (non-hydrogen) atoms. The Hall–Kier alpha value is -4.89. The van der Waals surface area contributed by atoms with E-state index in [0.29, 0.717) is 67.1 Å². The Morgan fingerprint density at radius 3 is 2.13 bits per heavy atom. The molecule has 3 aromatic rings. The standard InChI is InChI=1S/C33H38N6O7S/c1-3-37(4-2)26-8-10-28(31(22-26)47(44,45)46)32(23-12-14-33(15-13-23,16-18-34)17-19-35)24-6-5-7-25(20-24)36-29-11-9-27(38(40)41)21-30(29)39(42)43/h5-15,20-22,36H,3-4,16-19,34-35H2,1-2H3,(H,44,45,46). The highest BCUT2D eigenvalue weighted by atomic mass is 32.2. The van der Waals surface area contributed by atoms with Crippen molar-refractivity contribution in [1.82, 2.24) is 0 Å². The van der Waals surface area contributed by atoms with Crippen LogP contribution in [-0.2, 0) is 10.1 Å². The molecule has 0 aromatic heterocycles. The first-order chi connectivity index (χ1) is 22.4. The number of nitrogens with one attached hydrogen (secondary N) is 1. The third-order valence-electron chi connectivity index (χ3n) is 8.16. The minimum atomic E-state index is -4.71. The molecule has 0 atom stereocenters. The zero-order valence-corrected chi connectivity index (χ0v) is 26.9. The molecule has 3 aromatic carbocycles. The second kappa shape index (κ2) is 14.7. The number of non-ortho nitro benzene ring substituents is 1. The van der Waals surface area contributed by atoms with Gasteiger partial charge in [0.05, 0.1) is 15.9 Å². The molecule has 0 aliphatic heterocycles. The minimum absolute atomic E-state index is 0.0277. The van der Waals surface area contributed by atoms with Crippen LogP contribution in [0, 0.1) is 25.6 Å². The Bertz CT molecular complexity index is 1840. The number of nitrogens with zero attached hydrogens (tertiary/aromatic N) is 3. The van der Waals surface area contributed by atoms with Crippen molar-refractivity contribution < 1.29 is 22.8 Å². The molecular formula is C33H38N6O7S. The van der Waals surface area contributed by atoms with Gasteiger partial charge in [-0.1, -0.05) is 42.5 Å². The fourth-order valence-electron chi connectivity index (χ4n) is 5.78. The quantitative estimate of drug-likeness (QED) is 0.0900. The van der Waals surface area contributed by atoms with E-state index in [1.807, 2.05) is 43.1 Å². The molecule has 0 fully saturated rings. The van der Waals surface area contributed by atoms with Gasteiger partial charge in [-0.2, -0.15) is 8.42 Å². The Labute approximate surface area is 273 Å². The van der Waals surface area contributed by atoms with Gasteiger partial charge >= 0.3 is 0 Å². The molecule has 248 valence electrons. The van der Waals surface area contributed by atoms with Crippen molar-refractivity contribution >= 4 is 44.1 Å². The van der Waals surface area contributed by atoms with Crippen LogP contribution in [0.3, 0.4) is 0 Å². The van der Waals surface area contributed by atoms with Crippen molar-refractivity contribution in [3.05, 3.63) is 122 Å². The van der Waals surface area contributed by atoms with Gasteiger partial charge in [-0.15, -0.1) is 0 Å². The highest BCUT2D eigenvalue weighted by Crippen LogP contribution is 2.41. The van der Waals surface area contributed by atoms with E-state index in [1.165, 1.54) is 12.1 Å². The Morgan fingerprint density at radius 2 is 1.57 bits per heavy atom. The summed E-state index contributed by atoms with van der Waals surface area (Å²) in [6.07, 6.45) is 9.08. The van der Waals surface area contributed by atoms with Gasteiger partial charge in [0, 0.05) is 41.5 Å². The number of hydrogen-bond acceptors (Lipinski definition) is 10. The van der Waals surface area contributed by atoms with Crippen molar-refractivity contribution in [3.8, 4) is 0 Å². The van der Waals surface area contributed by atoms with E-state index in [2.05, 4.69) is 5.32 Å². The van der Waals surface area contributed by atoms with Gasteiger partial charge < -0.3 is 21.7 Å². The van der Waals surface area contributed by atoms with Crippen molar-refractivity contribution in [2.75, 3.05) is 36.4 Å². The fraction of sp³-hybridized carbons (Fsp3) is 0.273. The van der Waals surface area contributed by atoms with Crippen LogP contribution in [0.4, 0.5) is 28.4 Å². The smallest absolute Gasteiger partial charge is 0.299 e. The summed E-state index contributed by atoms with van der Waals surface area (Å²) in [7, 11) is -4.71. The zero-order valence-electron chi connectivity index (χ0n) is 26.1. The van der Waals surface area contributed by atoms with Crippen molar-refractivity contribution in [2.45, 2.75) is 31.6 Å². The summed E-state index contributed by atoms with van der Waals surface area (Å²) in [6, 6.07) is 15.0. The maximum Gasteiger partial charge on any atom is 0.299 e. The maximum absolute atomic E-state index is 12.9. The molecule has 0 saturated carbocycles. The SMILES string of the molecule is CCN(CC)c1ccc(C(=C2C=CC(CCN)(CCN)C=C2)c2cccc(Nc3ccc([N+](=O)[O-])cc3[N+](=O)[O-])c2)c(S(=O)(=O)O)c1. The van der Waals surface area contributed by atoms with Crippen LogP contribution in [0.1, 0.15) is 37.8 Å². The molecule has 0 unspecified atom stereocenters. The monoisotopic (exact) mass is 662 g/mol. The van der Waals surface area contributed by atoms with Crippen molar-refractivity contribution in [2.24, 2.45) is 16.9 Å². The van der Waals surface area contributed by atoms with E-state index in [9.17, 15) is 33.2 Å². The molecule has 0 saturated heterocycles. The zero-order chi connectivity index (χ0) is 34.4. The number of nitro groups is 2. The summed E-state index contributed by atoms with van der Waals surface area (Å²) in [6.45, 7) is 5.99. The van der Waals surface area contributed by atoms with Gasteiger partial charge in [-0.3, -0.25) is 24.8 Å². The van der Waals surface area contributed by atoms with Crippen LogP contribution in [0.15, 0.2) is 95.4 Å². The van der Waals surface area contributed by atoms with Gasteiger partial charge in [0.2, 0.25) is 0 Å². The van der Waals surface area contributed by atoms with E-state index < -0.39 is 31.3 Å². The van der Waals surface area contributed by atoms with E-state index in [0.717, 1.165) is 12.1 Å². The molecule has 1 aliphatic rings. The summed E-state index contributed by atoms with van der Waals surface area (Å²) in [5, 5.41) is 26.0. The Balaban J connectivity index is 1.94. The van der Waals surface area contributed by atoms with Gasteiger partial charge in [0.1, 0.15) is 10.6 Å². The number of anilines is 3. The van der Waals surface area contributed by atoms with Crippen LogP contribution < -0.4 is 21.7 Å². The second-order valence-corrected chi connectivity index (χ2v) is 12.4. The normalized spacial score (nSPS) is 13.8. The van der Waals surface area contributed by atoms with Crippen LogP contribution in [0.2, 0.25) is 0 Å². The number of hydrogen-bond donors (Lipinski definition) is 4. The molecule has 0 spiro atoms. The van der Waals surface area contributed by atoms with Crippen LogP contribution in [-0.4, -0.2) is 49.0 Å². The van der Waals surface area contributed by atoms with E-state index >= 15 is 0 Å². The van der Waals surface area contributed by atoms with Crippen molar-refractivity contribution in [1.29, 1.82) is 0 Å². The molecule has 14 heteroatoms. The lowest BCUT2D eigenvalue weighted by molar-refractivity contribution is -0.393. The summed E-state index contributed by atoms with van der Waals surface area (Å²) < 4.78 is 36.3. The highest BCUT2D eigenvalue weighted by Gasteiger charge is 2.28. The summed E-state index contributed by atoms with van der Waals surface area (Å²) in [5.74, 6) is 0. The lowest BCUT2D eigenvalue weighted by atomic mass is 9.76. The van der Waals surface area contributed by atoms with E-state index in [1.54, 1.807) is 36.4 Å². The lowest BCUT2D eigenvalue weighted by Gasteiger charge is -2.30. The van der Waals surface area contributed by atoms with Gasteiger partial charge in [0.25, 0.3) is 21.5 Å². The Kier molecular flexibility index (Phi) is 10.9. The number of allylic oxidation sites excluding steroid dienone is 5. The predicted molar refractivity (Wildman–Crippen MR) is 183 cm³/mol. The molecular weight excluding hydrogens is 624 g/mol. The molecule has 0 heterocycles. The minimum Gasteiger partial charge on any atom is -0.372 e.